The fraction of sp³-hybridized carbons (Fsp3) is 0.875. The summed E-state index contributed by atoms with van der Waals surface area (Å²) in [6.45, 7) is 1.45. The smallest absolute Gasteiger partial charge is 0.301 e. The molecular formula is C8H14F3N3. The highest BCUT2D eigenvalue weighted by molar-refractivity contribution is 4.91. The summed E-state index contributed by atoms with van der Waals surface area (Å²) in [5.74, 6) is 0. The average molecular weight is 209 g/mol. The van der Waals surface area contributed by atoms with Crippen LogP contribution in [0.3, 0.4) is 0 Å². The van der Waals surface area contributed by atoms with Gasteiger partial charge in [0.25, 0.3) is 0 Å². The van der Waals surface area contributed by atoms with Crippen molar-refractivity contribution in [3.63, 3.8) is 0 Å². The highest BCUT2D eigenvalue weighted by Crippen LogP contribution is 2.15. The van der Waals surface area contributed by atoms with Gasteiger partial charge >= 0.3 is 6.18 Å². The van der Waals surface area contributed by atoms with Crippen molar-refractivity contribution >= 4 is 0 Å². The van der Waals surface area contributed by atoms with E-state index < -0.39 is 18.8 Å². The summed E-state index contributed by atoms with van der Waals surface area (Å²) in [5.41, 5.74) is 0. The van der Waals surface area contributed by atoms with E-state index in [4.69, 9.17) is 5.26 Å². The van der Waals surface area contributed by atoms with Gasteiger partial charge in [0.05, 0.1) is 12.6 Å². The third-order valence-electron chi connectivity index (χ3n) is 1.55. The second-order valence-corrected chi connectivity index (χ2v) is 3.05. The molecule has 3 nitrogen and oxygen atoms in total. The fourth-order valence-electron chi connectivity index (χ4n) is 1.08. The predicted molar refractivity (Wildman–Crippen MR) is 46.6 cm³/mol. The zero-order valence-corrected chi connectivity index (χ0v) is 8.23. The van der Waals surface area contributed by atoms with Crippen molar-refractivity contribution in [2.24, 2.45) is 0 Å². The third kappa shape index (κ3) is 6.69. The van der Waals surface area contributed by atoms with Gasteiger partial charge in [-0.05, 0) is 13.6 Å². The van der Waals surface area contributed by atoms with Crippen LogP contribution in [0.1, 0.15) is 6.92 Å². The van der Waals surface area contributed by atoms with E-state index in [-0.39, 0.29) is 6.54 Å². The van der Waals surface area contributed by atoms with E-state index in [1.165, 1.54) is 7.05 Å². The van der Waals surface area contributed by atoms with Gasteiger partial charge in [0.2, 0.25) is 0 Å². The van der Waals surface area contributed by atoms with Crippen molar-refractivity contribution in [1.82, 2.24) is 10.2 Å². The molecule has 0 aromatic rings. The van der Waals surface area contributed by atoms with Gasteiger partial charge in [-0.3, -0.25) is 4.90 Å². The first-order valence-electron chi connectivity index (χ1n) is 4.27. The molecule has 14 heavy (non-hydrogen) atoms. The number of nitriles is 1. The molecule has 0 radical (unpaired) electrons. The van der Waals surface area contributed by atoms with Crippen molar-refractivity contribution < 1.29 is 13.2 Å². The largest absolute Gasteiger partial charge is 0.401 e. The predicted octanol–water partition coefficient (Wildman–Crippen LogP) is 0.982. The van der Waals surface area contributed by atoms with Gasteiger partial charge in [0.15, 0.2) is 0 Å². The Kier molecular flexibility index (Phi) is 5.50. The van der Waals surface area contributed by atoms with E-state index in [0.717, 1.165) is 4.90 Å². The molecule has 6 heteroatoms. The molecule has 0 aliphatic carbocycles. The van der Waals surface area contributed by atoms with Gasteiger partial charge in [-0.2, -0.15) is 18.4 Å². The number of alkyl halides is 3. The van der Waals surface area contributed by atoms with E-state index >= 15 is 0 Å². The number of rotatable bonds is 5. The van der Waals surface area contributed by atoms with Crippen LogP contribution in [0, 0.1) is 11.3 Å². The first-order valence-corrected chi connectivity index (χ1v) is 4.27. The maximum Gasteiger partial charge on any atom is 0.401 e. The van der Waals surface area contributed by atoms with Gasteiger partial charge in [0, 0.05) is 6.54 Å². The first kappa shape index (κ1) is 13.2. The molecule has 0 fully saturated rings. The van der Waals surface area contributed by atoms with Crippen LogP contribution in [-0.4, -0.2) is 43.8 Å². The molecule has 0 aliphatic rings. The Labute approximate surface area is 81.5 Å². The molecule has 0 spiro atoms. The Hall–Kier alpha value is -0.800. The molecule has 0 aromatic carbocycles. The average Bonchev–Trinajstić information content (AvgIpc) is 2.00. The van der Waals surface area contributed by atoms with Crippen LogP contribution in [0.4, 0.5) is 13.2 Å². The number of nitrogens with one attached hydrogen (secondary N) is 1. The molecule has 1 atom stereocenters. The monoisotopic (exact) mass is 209 g/mol. The van der Waals surface area contributed by atoms with Crippen LogP contribution in [-0.2, 0) is 0 Å². The van der Waals surface area contributed by atoms with Crippen molar-refractivity contribution in [1.29, 1.82) is 5.26 Å². The quantitative estimate of drug-likeness (QED) is 0.733. The summed E-state index contributed by atoms with van der Waals surface area (Å²) in [6, 6.07) is 1.35. The molecule has 82 valence electrons. The van der Waals surface area contributed by atoms with Crippen LogP contribution in [0.5, 0.6) is 0 Å². The molecule has 0 aliphatic heterocycles. The second-order valence-electron chi connectivity index (χ2n) is 3.05. The normalized spacial score (nSPS) is 14.1. The van der Waals surface area contributed by atoms with E-state index in [2.05, 4.69) is 5.32 Å². The molecule has 0 amide bonds. The van der Waals surface area contributed by atoms with Crippen molar-refractivity contribution in [3.05, 3.63) is 0 Å². The number of hydrogen-bond acceptors (Lipinski definition) is 3. The maximum absolute atomic E-state index is 11.9. The number of hydrogen-bond donors (Lipinski definition) is 1. The fourth-order valence-corrected chi connectivity index (χ4v) is 1.08. The topological polar surface area (TPSA) is 39.1 Å². The molecule has 1 unspecified atom stereocenters. The van der Waals surface area contributed by atoms with Crippen LogP contribution >= 0.6 is 0 Å². The lowest BCUT2D eigenvalue weighted by atomic mass is 10.3. The van der Waals surface area contributed by atoms with Crippen LogP contribution in [0.2, 0.25) is 0 Å². The van der Waals surface area contributed by atoms with Gasteiger partial charge in [-0.1, -0.05) is 6.92 Å². The summed E-state index contributed by atoms with van der Waals surface area (Å²) in [5, 5.41) is 11.4. The summed E-state index contributed by atoms with van der Waals surface area (Å²) < 4.78 is 35.7. The van der Waals surface area contributed by atoms with Gasteiger partial charge in [-0.15, -0.1) is 0 Å². The van der Waals surface area contributed by atoms with Crippen LogP contribution in [0.25, 0.3) is 0 Å². The van der Waals surface area contributed by atoms with Crippen molar-refractivity contribution in [3.8, 4) is 6.07 Å². The summed E-state index contributed by atoms with van der Waals surface area (Å²) in [6.07, 6.45) is -4.21. The minimum absolute atomic E-state index is 0.0733. The molecule has 1 N–H and O–H groups in total. The molecule has 0 heterocycles. The van der Waals surface area contributed by atoms with E-state index in [9.17, 15) is 13.2 Å². The summed E-state index contributed by atoms with van der Waals surface area (Å²) in [4.78, 5) is 1.08. The third-order valence-corrected chi connectivity index (χ3v) is 1.55. The lowest BCUT2D eigenvalue weighted by Gasteiger charge is -2.21. The van der Waals surface area contributed by atoms with Crippen LogP contribution < -0.4 is 5.32 Å². The Balaban J connectivity index is 3.92. The highest BCUT2D eigenvalue weighted by atomic mass is 19.4. The zero-order chi connectivity index (χ0) is 11.2. The van der Waals surface area contributed by atoms with Crippen LogP contribution in [0.15, 0.2) is 0 Å². The number of nitrogens with zero attached hydrogens (tertiary/aromatic N) is 2. The summed E-state index contributed by atoms with van der Waals surface area (Å²) in [7, 11) is 1.34. The standard InChI is InChI=1S/C8H14F3N3/c1-3-13-7(4-12)5-14(2)6-8(9,10)11/h7,13H,3,5-6H2,1-2H3. The number of likely N-dealkylation sites (N-methyl/N-ethyl adjacent to an activating group) is 2. The van der Waals surface area contributed by atoms with Gasteiger partial charge < -0.3 is 5.32 Å². The minimum atomic E-state index is -4.21. The molecular weight excluding hydrogens is 195 g/mol. The van der Waals surface area contributed by atoms with E-state index in [0.29, 0.717) is 6.54 Å². The SMILES string of the molecule is CCNC(C#N)CN(C)CC(F)(F)F. The first-order chi connectivity index (χ1) is 6.39. The zero-order valence-electron chi connectivity index (χ0n) is 8.23. The Morgan fingerprint density at radius 2 is 2.07 bits per heavy atom. The summed E-state index contributed by atoms with van der Waals surface area (Å²) >= 11 is 0. The van der Waals surface area contributed by atoms with E-state index in [1.54, 1.807) is 6.92 Å². The maximum atomic E-state index is 11.9. The van der Waals surface area contributed by atoms with Gasteiger partial charge in [-0.25, -0.2) is 0 Å². The van der Waals surface area contributed by atoms with Crippen molar-refractivity contribution in [2.75, 3.05) is 26.7 Å². The van der Waals surface area contributed by atoms with Crippen molar-refractivity contribution in [2.45, 2.75) is 19.1 Å². The Morgan fingerprint density at radius 1 is 1.50 bits per heavy atom. The van der Waals surface area contributed by atoms with Gasteiger partial charge in [0.1, 0.15) is 6.04 Å². The van der Waals surface area contributed by atoms with E-state index in [1.807, 2.05) is 6.07 Å². The molecule has 0 rings (SSSR count). The highest BCUT2D eigenvalue weighted by Gasteiger charge is 2.29. The lowest BCUT2D eigenvalue weighted by Crippen LogP contribution is -2.41. The lowest BCUT2D eigenvalue weighted by molar-refractivity contribution is -0.143. The molecule has 0 saturated carbocycles. The Morgan fingerprint density at radius 3 is 2.43 bits per heavy atom. The molecule has 0 saturated heterocycles. The molecule has 0 aromatic heterocycles. The second kappa shape index (κ2) is 5.83. The molecule has 0 bridgehead atoms. The number of halogens is 3. The Bertz CT molecular complexity index is 197. The minimum Gasteiger partial charge on any atom is -0.301 e.